The molecule has 5 heteroatoms. The van der Waals surface area contributed by atoms with Crippen LogP contribution in [0.15, 0.2) is 0 Å². The molecule has 0 heterocycles. The zero-order valence-corrected chi connectivity index (χ0v) is 11.1. The second-order valence-corrected chi connectivity index (χ2v) is 5.45. The molecule has 0 bridgehead atoms. The van der Waals surface area contributed by atoms with Gasteiger partial charge < -0.3 is 14.9 Å². The topological polar surface area (TPSA) is 60.9 Å². The molecule has 0 atom stereocenters. The maximum Gasteiger partial charge on any atom is 0.323 e. The van der Waals surface area contributed by atoms with Crippen molar-refractivity contribution in [2.45, 2.75) is 52.1 Å². The average Bonchev–Trinajstić information content (AvgIpc) is 2.97. The number of carbonyl (C=O) groups is 2. The molecule has 98 valence electrons. The summed E-state index contributed by atoms with van der Waals surface area (Å²) in [6.07, 6.45) is 2.06. The third kappa shape index (κ3) is 3.61. The van der Waals surface area contributed by atoms with E-state index in [1.165, 1.54) is 4.90 Å². The van der Waals surface area contributed by atoms with Gasteiger partial charge in [-0.2, -0.15) is 0 Å². The Labute approximate surface area is 102 Å². The van der Waals surface area contributed by atoms with E-state index in [2.05, 4.69) is 0 Å². The minimum atomic E-state index is -0.972. The van der Waals surface area contributed by atoms with Crippen molar-refractivity contribution in [3.63, 3.8) is 0 Å². The molecule has 0 aliphatic heterocycles. The van der Waals surface area contributed by atoms with Crippen molar-refractivity contribution in [1.82, 2.24) is 9.80 Å². The Morgan fingerprint density at radius 2 is 1.82 bits per heavy atom. The second-order valence-electron chi connectivity index (χ2n) is 5.45. The van der Waals surface area contributed by atoms with Gasteiger partial charge in [-0.05, 0) is 40.5 Å². The summed E-state index contributed by atoms with van der Waals surface area (Å²) in [5.74, 6) is -0.972. The van der Waals surface area contributed by atoms with E-state index in [0.29, 0.717) is 12.6 Å². The van der Waals surface area contributed by atoms with Gasteiger partial charge in [0, 0.05) is 18.1 Å². The molecule has 0 spiro atoms. The molecular formula is C12H22N2O3. The van der Waals surface area contributed by atoms with Crippen molar-refractivity contribution in [3.05, 3.63) is 0 Å². The number of carboxylic acid groups (broad SMARTS) is 1. The fourth-order valence-corrected chi connectivity index (χ4v) is 1.82. The van der Waals surface area contributed by atoms with Crippen LogP contribution in [-0.2, 0) is 4.79 Å². The number of nitrogens with zero attached hydrogens (tertiary/aromatic N) is 2. The highest BCUT2D eigenvalue weighted by Crippen LogP contribution is 2.28. The Morgan fingerprint density at radius 1 is 1.29 bits per heavy atom. The molecule has 1 N–H and O–H groups in total. The van der Waals surface area contributed by atoms with Gasteiger partial charge >= 0.3 is 12.0 Å². The molecule has 5 nitrogen and oxygen atoms in total. The molecule has 0 aromatic rings. The van der Waals surface area contributed by atoms with Crippen molar-refractivity contribution < 1.29 is 14.7 Å². The predicted molar refractivity (Wildman–Crippen MR) is 64.9 cm³/mol. The number of carbonyl (C=O) groups excluding carboxylic acids is 1. The lowest BCUT2D eigenvalue weighted by molar-refractivity contribution is -0.138. The minimum Gasteiger partial charge on any atom is -0.480 e. The molecular weight excluding hydrogens is 220 g/mol. The van der Waals surface area contributed by atoms with E-state index in [9.17, 15) is 9.59 Å². The number of amides is 2. The third-order valence-corrected chi connectivity index (χ3v) is 2.91. The highest BCUT2D eigenvalue weighted by atomic mass is 16.4. The van der Waals surface area contributed by atoms with Gasteiger partial charge in [-0.25, -0.2) is 4.79 Å². The zero-order valence-electron chi connectivity index (χ0n) is 11.1. The molecule has 0 aromatic heterocycles. The average molecular weight is 242 g/mol. The number of aliphatic carboxylic acids is 1. The van der Waals surface area contributed by atoms with E-state index in [4.69, 9.17) is 5.11 Å². The second kappa shape index (κ2) is 4.94. The Kier molecular flexibility index (Phi) is 4.01. The number of hydrogen-bond acceptors (Lipinski definition) is 2. The van der Waals surface area contributed by atoms with Crippen LogP contribution in [0.2, 0.25) is 0 Å². The van der Waals surface area contributed by atoms with Crippen molar-refractivity contribution in [2.24, 2.45) is 0 Å². The molecule has 1 aliphatic carbocycles. The van der Waals surface area contributed by atoms with Crippen LogP contribution in [-0.4, -0.2) is 51.6 Å². The summed E-state index contributed by atoms with van der Waals surface area (Å²) in [5, 5.41) is 8.89. The number of urea groups is 1. The molecule has 0 unspecified atom stereocenters. The van der Waals surface area contributed by atoms with E-state index in [1.54, 1.807) is 4.90 Å². The summed E-state index contributed by atoms with van der Waals surface area (Å²) >= 11 is 0. The van der Waals surface area contributed by atoms with E-state index in [0.717, 1.165) is 12.8 Å². The normalized spacial score (nSPS) is 15.5. The largest absolute Gasteiger partial charge is 0.480 e. The summed E-state index contributed by atoms with van der Waals surface area (Å²) in [4.78, 5) is 26.4. The van der Waals surface area contributed by atoms with Crippen LogP contribution >= 0.6 is 0 Å². The molecule has 0 radical (unpaired) electrons. The van der Waals surface area contributed by atoms with Gasteiger partial charge in [-0.3, -0.25) is 4.79 Å². The lowest BCUT2D eigenvalue weighted by atomic mass is 10.1. The van der Waals surface area contributed by atoms with Crippen LogP contribution in [0.1, 0.15) is 40.5 Å². The summed E-state index contributed by atoms with van der Waals surface area (Å²) in [5.41, 5.74) is -0.474. The van der Waals surface area contributed by atoms with Crippen molar-refractivity contribution >= 4 is 12.0 Å². The lowest BCUT2D eigenvalue weighted by Crippen LogP contribution is -2.54. The first-order valence-electron chi connectivity index (χ1n) is 6.07. The lowest BCUT2D eigenvalue weighted by Gasteiger charge is -2.38. The molecule has 0 aromatic carbocycles. The van der Waals surface area contributed by atoms with Crippen molar-refractivity contribution in [1.29, 1.82) is 0 Å². The van der Waals surface area contributed by atoms with Crippen LogP contribution in [0.5, 0.6) is 0 Å². The summed E-state index contributed by atoms with van der Waals surface area (Å²) < 4.78 is 0. The van der Waals surface area contributed by atoms with Crippen LogP contribution in [0.25, 0.3) is 0 Å². The van der Waals surface area contributed by atoms with Crippen LogP contribution in [0.3, 0.4) is 0 Å². The molecule has 2 amide bonds. The number of carboxylic acids is 1. The number of hydrogen-bond donors (Lipinski definition) is 1. The Hall–Kier alpha value is -1.26. The molecule has 1 aliphatic rings. The molecule has 1 rings (SSSR count). The Balaban J connectivity index is 2.81. The van der Waals surface area contributed by atoms with Crippen molar-refractivity contribution in [2.75, 3.05) is 13.1 Å². The SMILES string of the molecule is CCN(C(=O)N(CC(=O)O)C(C)(C)C)C1CC1. The quantitative estimate of drug-likeness (QED) is 0.817. The first-order chi connectivity index (χ1) is 7.77. The van der Waals surface area contributed by atoms with E-state index in [-0.39, 0.29) is 12.6 Å². The van der Waals surface area contributed by atoms with Crippen LogP contribution < -0.4 is 0 Å². The molecule has 17 heavy (non-hydrogen) atoms. The molecule has 1 saturated carbocycles. The van der Waals surface area contributed by atoms with Crippen molar-refractivity contribution in [3.8, 4) is 0 Å². The van der Waals surface area contributed by atoms with E-state index in [1.807, 2.05) is 27.7 Å². The fourth-order valence-electron chi connectivity index (χ4n) is 1.82. The maximum atomic E-state index is 12.3. The third-order valence-electron chi connectivity index (χ3n) is 2.91. The zero-order chi connectivity index (χ0) is 13.2. The van der Waals surface area contributed by atoms with Gasteiger partial charge in [0.05, 0.1) is 0 Å². The molecule has 0 saturated heterocycles. The van der Waals surface area contributed by atoms with Gasteiger partial charge in [0.25, 0.3) is 0 Å². The Bertz CT molecular complexity index is 305. The van der Waals surface area contributed by atoms with Gasteiger partial charge in [0.1, 0.15) is 6.54 Å². The smallest absolute Gasteiger partial charge is 0.323 e. The Morgan fingerprint density at radius 3 is 2.12 bits per heavy atom. The van der Waals surface area contributed by atoms with E-state index >= 15 is 0 Å². The molecule has 1 fully saturated rings. The van der Waals surface area contributed by atoms with Crippen LogP contribution in [0, 0.1) is 0 Å². The summed E-state index contributed by atoms with van der Waals surface area (Å²) in [6, 6.07) is 0.149. The summed E-state index contributed by atoms with van der Waals surface area (Å²) in [6.45, 7) is 7.89. The maximum absolute atomic E-state index is 12.3. The van der Waals surface area contributed by atoms with Crippen LogP contribution in [0.4, 0.5) is 4.79 Å². The number of rotatable bonds is 4. The summed E-state index contributed by atoms with van der Waals surface area (Å²) in [7, 11) is 0. The van der Waals surface area contributed by atoms with Gasteiger partial charge in [0.15, 0.2) is 0 Å². The first-order valence-corrected chi connectivity index (χ1v) is 6.07. The highest BCUT2D eigenvalue weighted by Gasteiger charge is 2.37. The van der Waals surface area contributed by atoms with Gasteiger partial charge in [0.2, 0.25) is 0 Å². The van der Waals surface area contributed by atoms with Gasteiger partial charge in [-0.1, -0.05) is 0 Å². The monoisotopic (exact) mass is 242 g/mol. The highest BCUT2D eigenvalue weighted by molar-refractivity contribution is 5.81. The van der Waals surface area contributed by atoms with E-state index < -0.39 is 11.5 Å². The fraction of sp³-hybridized carbons (Fsp3) is 0.833. The van der Waals surface area contributed by atoms with Gasteiger partial charge in [-0.15, -0.1) is 0 Å². The first kappa shape index (κ1) is 13.8. The predicted octanol–water partition coefficient (Wildman–Crippen LogP) is 1.78. The minimum absolute atomic E-state index is 0.162. The standard InChI is InChI=1S/C12H22N2O3/c1-5-13(9-6-7-9)11(17)14(8-10(15)16)12(2,3)4/h9H,5-8H2,1-4H3,(H,15,16).